The predicted molar refractivity (Wildman–Crippen MR) is 386 cm³/mol. The van der Waals surface area contributed by atoms with Gasteiger partial charge in [-0.3, -0.25) is 9.59 Å². The zero-order chi connectivity index (χ0) is 72.9. The number of aryl methyl sites for hydroxylation is 3. The number of anilines is 5. The van der Waals surface area contributed by atoms with Crippen LogP contribution in [0.1, 0.15) is 105 Å². The molecule has 0 atom stereocenters. The van der Waals surface area contributed by atoms with E-state index in [0.717, 1.165) is 21.3 Å². The number of aromatic nitrogens is 7. The van der Waals surface area contributed by atoms with Crippen molar-refractivity contribution in [2.75, 3.05) is 42.9 Å². The molecular formula is C68H79B3BrClF2N14O10. The van der Waals surface area contributed by atoms with Gasteiger partial charge >= 0.3 is 21.1 Å². The monoisotopic (exact) mass is 1440 g/mol. The highest BCUT2D eigenvalue weighted by molar-refractivity contribution is 9.10. The number of nitrogens with one attached hydrogen (secondary N) is 2. The topological polar surface area (TPSA) is 374 Å². The van der Waals surface area contributed by atoms with Crippen molar-refractivity contribution in [3.63, 3.8) is 0 Å². The van der Waals surface area contributed by atoms with Crippen LogP contribution in [-0.2, 0) is 31.7 Å². The van der Waals surface area contributed by atoms with E-state index in [0.29, 0.717) is 73.9 Å². The molecule has 0 radical (unpaired) electrons. The minimum absolute atomic E-state index is 0.00162. The maximum atomic E-state index is 13.5. The Bertz CT molecular complexity index is 4170. The minimum atomic E-state index is -1.47. The Morgan fingerprint density at radius 1 is 0.515 bits per heavy atom. The second-order valence-corrected chi connectivity index (χ2v) is 25.9. The Morgan fingerprint density at radius 2 is 0.889 bits per heavy atom. The summed E-state index contributed by atoms with van der Waals surface area (Å²) < 4.78 is 62.0. The van der Waals surface area contributed by atoms with E-state index in [-0.39, 0.29) is 81.0 Å². The average Bonchev–Trinajstić information content (AvgIpc) is 1.42. The van der Waals surface area contributed by atoms with Gasteiger partial charge in [0.1, 0.15) is 46.3 Å². The molecule has 5 aromatic heterocycles. The first-order chi connectivity index (χ1) is 46.5. The summed E-state index contributed by atoms with van der Waals surface area (Å²) in [4.78, 5) is 54.8. The summed E-state index contributed by atoms with van der Waals surface area (Å²) in [5.74, 6) is 0.538. The molecule has 14 N–H and O–H groups in total. The van der Waals surface area contributed by atoms with Crippen molar-refractivity contribution in [2.45, 2.75) is 112 Å². The van der Waals surface area contributed by atoms with Gasteiger partial charge in [-0.05, 0) is 179 Å². The molecule has 99 heavy (non-hydrogen) atoms. The van der Waals surface area contributed by atoms with Crippen molar-refractivity contribution in [2.24, 2.45) is 0 Å². The highest BCUT2D eigenvalue weighted by atomic mass is 79.9. The van der Waals surface area contributed by atoms with Crippen LogP contribution in [0.25, 0.3) is 33.8 Å². The largest absolute Gasteiger partial charge is 0.496 e. The molecule has 2 fully saturated rings. The number of pyridine rings is 3. The highest BCUT2D eigenvalue weighted by Gasteiger charge is 2.63. The number of para-hydroxylation sites is 2. The molecule has 9 aromatic rings. The normalized spacial score (nSPS) is 14.3. The number of nitrogens with zero attached hydrogens (tertiary/aromatic N) is 7. The van der Waals surface area contributed by atoms with Crippen LogP contribution in [0.2, 0.25) is 5.15 Å². The van der Waals surface area contributed by atoms with E-state index >= 15 is 0 Å². The van der Waals surface area contributed by atoms with Crippen molar-refractivity contribution >= 4 is 95.0 Å². The molecule has 24 nitrogen and oxygen atoms in total. The molecule has 11 rings (SSSR count). The van der Waals surface area contributed by atoms with Gasteiger partial charge in [0.15, 0.2) is 28.2 Å². The summed E-state index contributed by atoms with van der Waals surface area (Å²) >= 11 is 9.45. The number of benzene rings is 4. The lowest BCUT2D eigenvalue weighted by molar-refractivity contribution is 0.00578. The third-order valence-corrected chi connectivity index (χ3v) is 16.7. The summed E-state index contributed by atoms with van der Waals surface area (Å²) in [6, 6.07) is 36.1. The smallest absolute Gasteiger partial charge is 0.488 e. The van der Waals surface area contributed by atoms with E-state index in [4.69, 9.17) is 78.4 Å². The van der Waals surface area contributed by atoms with Crippen LogP contribution >= 0.6 is 27.5 Å². The SMILES string of the molecule is CC1(C)OB(B2OC(C)(C)C(C)(C)O2)OC1(C)C.COc1ccccc1CNC(=O)c1nc(-c2cc(C)nc(N)c2)c(-c2ccc(F)cc2)nc1N.COc1ccccc1CNC(=O)c1nc(Cl)c(-c2ccc(F)cc2)nc1N.Cc1cc(B(O)O)cc(N)n1.Cc1cc(Br)cc(N)n1. The lowest BCUT2D eigenvalue weighted by Crippen LogP contribution is -2.41. The van der Waals surface area contributed by atoms with E-state index in [1.165, 1.54) is 42.5 Å². The number of nitrogens with two attached hydrogens (primary N) is 5. The molecule has 7 heterocycles. The second-order valence-electron chi connectivity index (χ2n) is 24.6. The van der Waals surface area contributed by atoms with Crippen molar-refractivity contribution in [3.05, 3.63) is 194 Å². The van der Waals surface area contributed by atoms with E-state index < -0.39 is 33.0 Å². The van der Waals surface area contributed by atoms with Crippen LogP contribution in [0, 0.1) is 32.4 Å². The van der Waals surface area contributed by atoms with Gasteiger partial charge in [-0.2, -0.15) is 0 Å². The van der Waals surface area contributed by atoms with Gasteiger partial charge in [-0.15, -0.1) is 0 Å². The van der Waals surface area contributed by atoms with Gasteiger partial charge in [0.25, 0.3) is 11.8 Å². The molecule has 518 valence electrons. The molecule has 0 saturated carbocycles. The van der Waals surface area contributed by atoms with Crippen LogP contribution in [0.4, 0.5) is 37.9 Å². The number of nitrogen functional groups attached to an aromatic ring is 5. The predicted octanol–water partition coefficient (Wildman–Crippen LogP) is 9.85. The highest BCUT2D eigenvalue weighted by Crippen LogP contribution is 2.43. The van der Waals surface area contributed by atoms with E-state index in [1.807, 2.05) is 105 Å². The first kappa shape index (κ1) is 77.0. The Balaban J connectivity index is 0.000000188. The molecule has 0 bridgehead atoms. The third-order valence-electron chi connectivity index (χ3n) is 16.0. The van der Waals surface area contributed by atoms with Crippen LogP contribution in [0.3, 0.4) is 0 Å². The van der Waals surface area contributed by atoms with Crippen molar-refractivity contribution in [1.82, 2.24) is 45.5 Å². The first-order valence-electron chi connectivity index (χ1n) is 30.8. The number of hydrogen-bond donors (Lipinski definition) is 9. The number of rotatable bonds is 13. The van der Waals surface area contributed by atoms with Gasteiger partial charge in [0, 0.05) is 62.5 Å². The number of hydrogen-bond acceptors (Lipinski definition) is 22. The summed E-state index contributed by atoms with van der Waals surface area (Å²) in [6.45, 7) is 22.1. The van der Waals surface area contributed by atoms with Crippen molar-refractivity contribution in [3.8, 4) is 45.3 Å². The summed E-state index contributed by atoms with van der Waals surface area (Å²) in [5.41, 5.74) is 34.2. The van der Waals surface area contributed by atoms with E-state index in [1.54, 1.807) is 76.6 Å². The quantitative estimate of drug-likeness (QED) is 0.0485. The Labute approximate surface area is 588 Å². The fraction of sp³-hybridized carbons (Fsp3) is 0.279. The molecule has 2 amide bonds. The Morgan fingerprint density at radius 3 is 1.29 bits per heavy atom. The number of methoxy groups -OCH3 is 2. The minimum Gasteiger partial charge on any atom is -0.496 e. The van der Waals surface area contributed by atoms with Crippen molar-refractivity contribution < 1.29 is 56.5 Å². The number of carbonyl (C=O) groups is 2. The molecule has 0 unspecified atom stereocenters. The van der Waals surface area contributed by atoms with E-state index in [9.17, 15) is 18.4 Å². The average molecular weight is 1440 g/mol. The van der Waals surface area contributed by atoms with Gasteiger partial charge < -0.3 is 77.4 Å². The summed E-state index contributed by atoms with van der Waals surface area (Å²) in [5, 5.41) is 23.0. The lowest BCUT2D eigenvalue weighted by atomic mass is 9.49. The van der Waals surface area contributed by atoms with Crippen LogP contribution in [0.15, 0.2) is 138 Å². The fourth-order valence-electron chi connectivity index (χ4n) is 9.58. The molecule has 2 aliphatic rings. The standard InChI is InChI=1S/C25H23FN6O2.C19H16ClFN4O2.C12H24B2O4.C6H9BN2O2.C6H7BrN2/c1-14-11-17(12-20(27)30-14)22-21(15-7-9-18(26)10-8-15)32-24(28)23(31-22)25(33)29-13-16-5-3-4-6-19(16)34-2;1-27-14-5-3-2-4-12(14)10-23-19(26)16-18(22)25-15(17(20)24-16)11-6-8-13(21)9-7-11;1-9(2)10(3,4)16-13(15-9)14-17-11(5,6)12(7,8)18-14;1-4-2-5(7(10)11)3-6(8)9-4;1-4-2-5(7)3-6(8)9-4/h3-12H,13H2,1-2H3,(H2,27,30)(H2,28,32)(H,29,33);2-9H,10H2,1H3,(H2,22,25)(H,23,26);1-8H3;2-3,10-11H,1H3,(H2,8,9);2-3H,1H3,(H2,8,9). The Hall–Kier alpha value is -9.39. The molecular weight excluding hydrogens is 1360 g/mol. The maximum absolute atomic E-state index is 13.5. The molecule has 31 heteroatoms. The zero-order valence-electron chi connectivity index (χ0n) is 57.0. The fourth-order valence-corrected chi connectivity index (χ4v) is 10.4. The number of carbonyl (C=O) groups excluding carboxylic acids is 2. The summed E-state index contributed by atoms with van der Waals surface area (Å²) in [7, 11) is 0.691. The third kappa shape index (κ3) is 20.4. The first-order valence-corrected chi connectivity index (χ1v) is 32.0. The zero-order valence-corrected chi connectivity index (χ0v) is 59.4. The van der Waals surface area contributed by atoms with Crippen LogP contribution in [0.5, 0.6) is 11.5 Å². The van der Waals surface area contributed by atoms with Gasteiger partial charge in [0.05, 0.1) is 48.0 Å². The van der Waals surface area contributed by atoms with Crippen LogP contribution < -0.4 is 54.2 Å². The number of halogens is 4. The molecule has 4 aromatic carbocycles. The number of ether oxygens (including phenoxy) is 2. The molecule has 2 aliphatic heterocycles. The maximum Gasteiger partial charge on any atom is 0.488 e. The summed E-state index contributed by atoms with van der Waals surface area (Å²) in [6.07, 6.45) is 0. The number of amides is 2. The lowest BCUT2D eigenvalue weighted by Gasteiger charge is -2.32. The van der Waals surface area contributed by atoms with Crippen molar-refractivity contribution in [1.29, 1.82) is 0 Å². The van der Waals surface area contributed by atoms with Crippen LogP contribution in [-0.4, -0.2) is 115 Å². The Kier molecular flexibility index (Phi) is 25.6. The molecule has 0 aliphatic carbocycles. The second kappa shape index (κ2) is 33.0. The molecule has 0 spiro atoms. The van der Waals surface area contributed by atoms with Gasteiger partial charge in [-0.1, -0.05) is 63.9 Å². The van der Waals surface area contributed by atoms with Gasteiger partial charge in [0.2, 0.25) is 0 Å². The molecule has 2 saturated heterocycles. The van der Waals surface area contributed by atoms with Gasteiger partial charge in [-0.25, -0.2) is 43.7 Å². The van der Waals surface area contributed by atoms with E-state index in [2.05, 4.69) is 61.5 Å².